The van der Waals surface area contributed by atoms with Crippen LogP contribution in [0.5, 0.6) is 0 Å². The molecule has 150 valence electrons. The van der Waals surface area contributed by atoms with Gasteiger partial charge >= 0.3 is 0 Å². The highest BCUT2D eigenvalue weighted by Crippen LogP contribution is 2.43. The second-order valence-electron chi connectivity index (χ2n) is 8.30. The first kappa shape index (κ1) is 18.8. The van der Waals surface area contributed by atoms with E-state index in [0.717, 1.165) is 35.5 Å². The van der Waals surface area contributed by atoms with Gasteiger partial charge < -0.3 is 5.32 Å². The van der Waals surface area contributed by atoms with E-state index in [4.69, 9.17) is 4.99 Å². The minimum Gasteiger partial charge on any atom is -0.375 e. The highest BCUT2D eigenvalue weighted by molar-refractivity contribution is 6.10. The normalized spacial score (nSPS) is 22.9. The Bertz CT molecular complexity index is 1090. The van der Waals surface area contributed by atoms with Crippen LogP contribution >= 0.6 is 0 Å². The molecule has 0 amide bonds. The monoisotopic (exact) mass is 394 g/mol. The quantitative estimate of drug-likeness (QED) is 0.570. The maximum absolute atomic E-state index is 13.5. The summed E-state index contributed by atoms with van der Waals surface area (Å²) in [6.07, 6.45) is 2.39. The highest BCUT2D eigenvalue weighted by atomic mass is 16.1. The molecule has 1 heterocycles. The molecule has 0 saturated heterocycles. The van der Waals surface area contributed by atoms with Crippen molar-refractivity contribution < 1.29 is 4.79 Å². The van der Waals surface area contributed by atoms with Gasteiger partial charge in [0, 0.05) is 12.1 Å². The first-order valence-electron chi connectivity index (χ1n) is 10.8. The number of hydrogen-bond donors (Lipinski definition) is 1. The van der Waals surface area contributed by atoms with Crippen molar-refractivity contribution in [1.82, 2.24) is 0 Å². The molecule has 0 aromatic heterocycles. The molecule has 3 atom stereocenters. The van der Waals surface area contributed by atoms with Gasteiger partial charge in [-0.15, -0.1) is 0 Å². The van der Waals surface area contributed by atoms with Crippen molar-refractivity contribution in [3.63, 3.8) is 0 Å². The van der Waals surface area contributed by atoms with Crippen LogP contribution in [-0.2, 0) is 11.2 Å². The van der Waals surface area contributed by atoms with Crippen LogP contribution in [0.2, 0.25) is 0 Å². The van der Waals surface area contributed by atoms with Crippen molar-refractivity contribution in [1.29, 1.82) is 0 Å². The molecule has 1 aliphatic carbocycles. The number of hydrogen-bond acceptors (Lipinski definition) is 3. The zero-order valence-corrected chi connectivity index (χ0v) is 17.2. The summed E-state index contributed by atoms with van der Waals surface area (Å²) in [4.78, 5) is 18.5. The van der Waals surface area contributed by atoms with Crippen molar-refractivity contribution in [3.8, 4) is 0 Å². The lowest BCUT2D eigenvalue weighted by atomic mass is 9.72. The minimum atomic E-state index is -0.232. The van der Waals surface area contributed by atoms with Crippen LogP contribution in [0.1, 0.15) is 48.4 Å². The van der Waals surface area contributed by atoms with E-state index in [2.05, 4.69) is 66.8 Å². The molecule has 3 nitrogen and oxygen atoms in total. The molecule has 30 heavy (non-hydrogen) atoms. The van der Waals surface area contributed by atoms with Crippen molar-refractivity contribution in [3.05, 3.63) is 95.6 Å². The molecule has 0 radical (unpaired) electrons. The molecule has 0 spiro atoms. The predicted molar refractivity (Wildman–Crippen MR) is 123 cm³/mol. The van der Waals surface area contributed by atoms with Gasteiger partial charge in [0.25, 0.3) is 0 Å². The van der Waals surface area contributed by atoms with E-state index in [-0.39, 0.29) is 23.7 Å². The summed E-state index contributed by atoms with van der Waals surface area (Å²) in [5, 5.41) is 3.66. The Hall–Kier alpha value is -3.20. The first-order chi connectivity index (χ1) is 14.7. The largest absolute Gasteiger partial charge is 0.375 e. The van der Waals surface area contributed by atoms with Crippen LogP contribution in [0.3, 0.4) is 0 Å². The standard InChI is InChI=1S/C27H26N2O/c1-2-18-12-14-20(15-13-18)27-26-24(28-22-10-6-7-11-23(22)29-27)16-21(17-25(26)30)19-8-4-3-5-9-19/h3-15,21,26-27,29H,2,16-17H2,1H3. The zero-order chi connectivity index (χ0) is 20.5. The van der Waals surface area contributed by atoms with Gasteiger partial charge in [-0.1, -0.05) is 73.7 Å². The van der Waals surface area contributed by atoms with E-state index in [1.807, 2.05) is 24.3 Å². The summed E-state index contributed by atoms with van der Waals surface area (Å²) < 4.78 is 0. The number of Topliss-reactive ketones (excluding diaryl/α,β-unsaturated/α-hetero) is 1. The lowest BCUT2D eigenvalue weighted by Crippen LogP contribution is -2.38. The molecule has 3 unspecified atom stereocenters. The SMILES string of the molecule is CCc1ccc(C2Nc3ccccc3N=C3CC(c4ccccc4)CC(=O)C32)cc1. The molecule has 1 aliphatic heterocycles. The van der Waals surface area contributed by atoms with E-state index in [1.54, 1.807) is 0 Å². The number of fused-ring (bicyclic) bond motifs is 2. The van der Waals surface area contributed by atoms with Crippen LogP contribution in [0.15, 0.2) is 83.9 Å². The number of nitrogens with one attached hydrogen (secondary N) is 1. The number of anilines is 1. The summed E-state index contributed by atoms with van der Waals surface area (Å²) in [6, 6.07) is 27.1. The molecule has 3 aromatic carbocycles. The van der Waals surface area contributed by atoms with Gasteiger partial charge in [0.15, 0.2) is 0 Å². The fourth-order valence-corrected chi connectivity index (χ4v) is 4.80. The van der Waals surface area contributed by atoms with Crippen molar-refractivity contribution >= 4 is 22.9 Å². The molecule has 1 fully saturated rings. The van der Waals surface area contributed by atoms with E-state index in [9.17, 15) is 4.79 Å². The molecule has 1 saturated carbocycles. The smallest absolute Gasteiger partial charge is 0.144 e. The van der Waals surface area contributed by atoms with Gasteiger partial charge in [0.1, 0.15) is 5.78 Å². The molecule has 3 heteroatoms. The van der Waals surface area contributed by atoms with Crippen molar-refractivity contribution in [2.75, 3.05) is 5.32 Å². The van der Waals surface area contributed by atoms with Gasteiger partial charge in [-0.2, -0.15) is 0 Å². The number of carbonyl (C=O) groups excluding carboxylic acids is 1. The number of nitrogens with zero attached hydrogens (tertiary/aromatic N) is 1. The third-order valence-electron chi connectivity index (χ3n) is 6.44. The number of ketones is 1. The number of rotatable bonds is 3. The van der Waals surface area contributed by atoms with Gasteiger partial charge in [0.2, 0.25) is 0 Å². The van der Waals surface area contributed by atoms with Gasteiger partial charge in [0.05, 0.1) is 23.3 Å². The Kier molecular flexibility index (Phi) is 4.96. The van der Waals surface area contributed by atoms with Gasteiger partial charge in [-0.05, 0) is 47.6 Å². The molecule has 5 rings (SSSR count). The summed E-state index contributed by atoms with van der Waals surface area (Å²) in [5.41, 5.74) is 6.59. The van der Waals surface area contributed by atoms with Gasteiger partial charge in [-0.25, -0.2) is 0 Å². The Labute approximate surface area is 177 Å². The van der Waals surface area contributed by atoms with Crippen molar-refractivity contribution in [2.24, 2.45) is 10.9 Å². The Balaban J connectivity index is 1.58. The molecule has 2 aliphatic rings. The van der Waals surface area contributed by atoms with Crippen LogP contribution in [0.4, 0.5) is 11.4 Å². The minimum absolute atomic E-state index is 0.0949. The Morgan fingerprint density at radius 1 is 0.867 bits per heavy atom. The fourth-order valence-electron chi connectivity index (χ4n) is 4.80. The van der Waals surface area contributed by atoms with Crippen LogP contribution in [0, 0.1) is 5.92 Å². The summed E-state index contributed by atoms with van der Waals surface area (Å²) in [6.45, 7) is 2.16. The summed E-state index contributed by atoms with van der Waals surface area (Å²) in [5.74, 6) is 0.241. The van der Waals surface area contributed by atoms with Crippen LogP contribution in [0.25, 0.3) is 0 Å². The van der Waals surface area contributed by atoms with E-state index in [1.165, 1.54) is 11.1 Å². The number of benzene rings is 3. The Morgan fingerprint density at radius 2 is 1.60 bits per heavy atom. The van der Waals surface area contributed by atoms with Crippen molar-refractivity contribution in [2.45, 2.75) is 38.1 Å². The van der Waals surface area contributed by atoms with Crippen LogP contribution in [-0.4, -0.2) is 11.5 Å². The maximum Gasteiger partial charge on any atom is 0.144 e. The first-order valence-corrected chi connectivity index (χ1v) is 10.8. The average molecular weight is 395 g/mol. The predicted octanol–water partition coefficient (Wildman–Crippen LogP) is 6.25. The summed E-state index contributed by atoms with van der Waals surface area (Å²) in [7, 11) is 0. The third-order valence-corrected chi connectivity index (χ3v) is 6.44. The molecule has 1 N–H and O–H groups in total. The molecule has 0 bridgehead atoms. The molecule has 3 aromatic rings. The third kappa shape index (κ3) is 3.45. The fraction of sp³-hybridized carbons (Fsp3) is 0.259. The molecular weight excluding hydrogens is 368 g/mol. The highest BCUT2D eigenvalue weighted by Gasteiger charge is 2.41. The maximum atomic E-state index is 13.5. The number of aliphatic imine (C=N–C) groups is 1. The lowest BCUT2D eigenvalue weighted by molar-refractivity contribution is -0.122. The number of carbonyl (C=O) groups is 1. The number of aryl methyl sites for hydroxylation is 1. The zero-order valence-electron chi connectivity index (χ0n) is 17.2. The topological polar surface area (TPSA) is 41.5 Å². The average Bonchev–Trinajstić information content (AvgIpc) is 2.96. The van der Waals surface area contributed by atoms with E-state index in [0.29, 0.717) is 6.42 Å². The van der Waals surface area contributed by atoms with E-state index >= 15 is 0 Å². The molecular formula is C27H26N2O. The lowest BCUT2D eigenvalue weighted by Gasteiger charge is -2.34. The second kappa shape index (κ2) is 7.91. The van der Waals surface area contributed by atoms with Gasteiger partial charge in [-0.3, -0.25) is 9.79 Å². The second-order valence-corrected chi connectivity index (χ2v) is 8.30. The van der Waals surface area contributed by atoms with Crippen LogP contribution < -0.4 is 5.32 Å². The van der Waals surface area contributed by atoms with E-state index < -0.39 is 0 Å². The number of para-hydroxylation sites is 2. The summed E-state index contributed by atoms with van der Waals surface area (Å²) >= 11 is 0. The Morgan fingerprint density at radius 3 is 2.37 bits per heavy atom.